The number of nitrogens with zero attached hydrogens (tertiary/aromatic N) is 1. The van der Waals surface area contributed by atoms with Gasteiger partial charge in [-0.25, -0.2) is 9.37 Å². The smallest absolute Gasteiger partial charge is 0.134 e. The third kappa shape index (κ3) is 4.14. The van der Waals surface area contributed by atoms with Gasteiger partial charge in [-0.05, 0) is 41.8 Å². The summed E-state index contributed by atoms with van der Waals surface area (Å²) < 4.78 is 18.4. The molecule has 0 aliphatic carbocycles. The Labute approximate surface area is 158 Å². The first-order valence-electron chi connectivity index (χ1n) is 8.60. The average Bonchev–Trinajstić information content (AvgIpc) is 2.63. The lowest BCUT2D eigenvalue weighted by atomic mass is 9.95. The summed E-state index contributed by atoms with van der Waals surface area (Å²) in [7, 11) is 1.63. The largest absolute Gasteiger partial charge is 0.497 e. The van der Waals surface area contributed by atoms with Crippen LogP contribution in [0.3, 0.4) is 0 Å². The Bertz CT molecular complexity index is 896. The molecule has 0 radical (unpaired) electrons. The van der Waals surface area contributed by atoms with Gasteiger partial charge in [0.25, 0.3) is 0 Å². The number of halogens is 2. The van der Waals surface area contributed by atoms with Crippen LogP contribution in [-0.2, 0) is 6.54 Å². The number of methoxy groups -OCH3 is 1. The second-order valence-electron chi connectivity index (χ2n) is 6.65. The highest BCUT2D eigenvalue weighted by molar-refractivity contribution is 6.30. The average molecular weight is 373 g/mol. The molecular weight excluding hydrogens is 351 g/mol. The molecule has 0 aliphatic heterocycles. The third-order valence-electron chi connectivity index (χ3n) is 4.46. The van der Waals surface area contributed by atoms with Gasteiger partial charge in [-0.3, -0.25) is 0 Å². The molecule has 1 aromatic heterocycles. The van der Waals surface area contributed by atoms with Gasteiger partial charge in [0.05, 0.1) is 12.6 Å². The number of hydrogen-bond acceptors (Lipinski definition) is 3. The van der Waals surface area contributed by atoms with E-state index in [1.807, 2.05) is 36.4 Å². The molecule has 0 saturated carbocycles. The highest BCUT2D eigenvalue weighted by atomic mass is 35.5. The van der Waals surface area contributed by atoms with Gasteiger partial charge in [0.15, 0.2) is 0 Å². The first kappa shape index (κ1) is 18.6. The molecule has 26 heavy (non-hydrogen) atoms. The van der Waals surface area contributed by atoms with Crippen molar-refractivity contribution in [3.05, 3.63) is 70.6 Å². The molecule has 1 heterocycles. The minimum absolute atomic E-state index is 0.0956. The summed E-state index contributed by atoms with van der Waals surface area (Å²) in [4.78, 5) is 4.49. The van der Waals surface area contributed by atoms with Crippen LogP contribution >= 0.6 is 11.6 Å². The van der Waals surface area contributed by atoms with Gasteiger partial charge in [-0.2, -0.15) is 0 Å². The maximum Gasteiger partial charge on any atom is 0.134 e. The fraction of sp³-hybridized carbons (Fsp3) is 0.286. The van der Waals surface area contributed by atoms with E-state index in [1.165, 1.54) is 12.1 Å². The molecule has 0 spiro atoms. The van der Waals surface area contributed by atoms with E-state index < -0.39 is 0 Å². The Balaban J connectivity index is 1.82. The Kier molecular flexibility index (Phi) is 5.74. The van der Waals surface area contributed by atoms with Crippen molar-refractivity contribution in [2.45, 2.75) is 26.4 Å². The zero-order chi connectivity index (χ0) is 18.7. The van der Waals surface area contributed by atoms with E-state index in [1.54, 1.807) is 7.11 Å². The molecule has 3 aromatic rings. The fourth-order valence-corrected chi connectivity index (χ4v) is 3.26. The summed E-state index contributed by atoms with van der Waals surface area (Å²) in [5.41, 5.74) is 2.78. The summed E-state index contributed by atoms with van der Waals surface area (Å²) in [6.07, 6.45) is 0. The first-order valence-corrected chi connectivity index (χ1v) is 8.97. The molecule has 0 saturated heterocycles. The first-order chi connectivity index (χ1) is 12.5. The van der Waals surface area contributed by atoms with E-state index >= 15 is 0 Å². The zero-order valence-electron chi connectivity index (χ0n) is 15.1. The number of ether oxygens (including phenoxy) is 1. The predicted molar refractivity (Wildman–Crippen MR) is 104 cm³/mol. The van der Waals surface area contributed by atoms with Crippen molar-refractivity contribution in [3.63, 3.8) is 0 Å². The lowest BCUT2D eigenvalue weighted by Gasteiger charge is -2.23. The summed E-state index contributed by atoms with van der Waals surface area (Å²) in [6.45, 7) is 4.84. The van der Waals surface area contributed by atoms with Crippen molar-refractivity contribution in [1.82, 2.24) is 10.3 Å². The second kappa shape index (κ2) is 8.02. The third-order valence-corrected chi connectivity index (χ3v) is 4.79. The maximum atomic E-state index is 13.2. The quantitative estimate of drug-likeness (QED) is 0.578. The van der Waals surface area contributed by atoms with Crippen molar-refractivity contribution < 1.29 is 9.13 Å². The molecule has 0 bridgehead atoms. The molecule has 5 heteroatoms. The van der Waals surface area contributed by atoms with E-state index in [0.29, 0.717) is 17.6 Å². The number of hydrogen-bond donors (Lipinski definition) is 1. The Hall–Kier alpha value is -2.17. The van der Waals surface area contributed by atoms with Gasteiger partial charge in [0, 0.05) is 29.6 Å². The van der Waals surface area contributed by atoms with E-state index in [0.717, 1.165) is 27.8 Å². The highest BCUT2D eigenvalue weighted by Gasteiger charge is 2.16. The van der Waals surface area contributed by atoms with Gasteiger partial charge < -0.3 is 10.1 Å². The summed E-state index contributed by atoms with van der Waals surface area (Å²) in [5.74, 6) is 0.869. The van der Waals surface area contributed by atoms with E-state index in [-0.39, 0.29) is 11.9 Å². The van der Waals surface area contributed by atoms with Crippen LogP contribution in [0.25, 0.3) is 10.9 Å². The van der Waals surface area contributed by atoms with Crippen molar-refractivity contribution in [3.8, 4) is 5.75 Å². The lowest BCUT2D eigenvalue weighted by Crippen LogP contribution is -2.25. The Morgan fingerprint density at radius 3 is 2.50 bits per heavy atom. The SMILES string of the molecule is COc1ccc2cc(CNC(c3ccc(F)cc3)C(C)C)c(Cl)nc2c1. The molecule has 1 N–H and O–H groups in total. The van der Waals surface area contributed by atoms with Crippen molar-refractivity contribution in [1.29, 1.82) is 0 Å². The van der Waals surface area contributed by atoms with Gasteiger partial charge >= 0.3 is 0 Å². The van der Waals surface area contributed by atoms with E-state index in [9.17, 15) is 4.39 Å². The molecule has 1 unspecified atom stereocenters. The van der Waals surface area contributed by atoms with Gasteiger partial charge in [0.1, 0.15) is 16.7 Å². The zero-order valence-corrected chi connectivity index (χ0v) is 15.8. The van der Waals surface area contributed by atoms with Crippen molar-refractivity contribution in [2.75, 3.05) is 7.11 Å². The summed E-state index contributed by atoms with van der Waals surface area (Å²) >= 11 is 6.39. The molecule has 2 aromatic carbocycles. The monoisotopic (exact) mass is 372 g/mol. The molecule has 3 rings (SSSR count). The van der Waals surface area contributed by atoms with Crippen LogP contribution in [0, 0.1) is 11.7 Å². The molecule has 0 fully saturated rings. The number of fused-ring (bicyclic) bond motifs is 1. The molecular formula is C21H22ClFN2O. The topological polar surface area (TPSA) is 34.1 Å². The summed E-state index contributed by atoms with van der Waals surface area (Å²) in [5, 5.41) is 5.01. The maximum absolute atomic E-state index is 13.2. The van der Waals surface area contributed by atoms with E-state index in [2.05, 4.69) is 24.1 Å². The van der Waals surface area contributed by atoms with Crippen LogP contribution in [0.5, 0.6) is 5.75 Å². The van der Waals surface area contributed by atoms with Crippen LogP contribution in [0.2, 0.25) is 5.15 Å². The number of pyridine rings is 1. The Morgan fingerprint density at radius 2 is 1.85 bits per heavy atom. The predicted octanol–water partition coefficient (Wildman–Crippen LogP) is 5.52. The van der Waals surface area contributed by atoms with Crippen molar-refractivity contribution >= 4 is 22.5 Å². The molecule has 3 nitrogen and oxygen atoms in total. The number of rotatable bonds is 6. The normalized spacial score (nSPS) is 12.5. The molecule has 0 aliphatic rings. The fourth-order valence-electron chi connectivity index (χ4n) is 3.05. The second-order valence-corrected chi connectivity index (χ2v) is 7.01. The van der Waals surface area contributed by atoms with Crippen LogP contribution in [0.15, 0.2) is 48.5 Å². The van der Waals surface area contributed by atoms with Crippen LogP contribution < -0.4 is 10.1 Å². The molecule has 0 amide bonds. The van der Waals surface area contributed by atoms with Crippen LogP contribution in [-0.4, -0.2) is 12.1 Å². The minimum atomic E-state index is -0.228. The minimum Gasteiger partial charge on any atom is -0.497 e. The molecule has 136 valence electrons. The highest BCUT2D eigenvalue weighted by Crippen LogP contribution is 2.26. The van der Waals surface area contributed by atoms with Gasteiger partial charge in [-0.15, -0.1) is 0 Å². The van der Waals surface area contributed by atoms with Gasteiger partial charge in [0.2, 0.25) is 0 Å². The molecule has 1 atom stereocenters. The summed E-state index contributed by atoms with van der Waals surface area (Å²) in [6, 6.07) is 14.5. The van der Waals surface area contributed by atoms with Gasteiger partial charge in [-0.1, -0.05) is 37.6 Å². The van der Waals surface area contributed by atoms with Crippen LogP contribution in [0.1, 0.15) is 31.0 Å². The Morgan fingerprint density at radius 1 is 1.12 bits per heavy atom. The number of aromatic nitrogens is 1. The number of benzene rings is 2. The number of nitrogens with one attached hydrogen (secondary N) is 1. The lowest BCUT2D eigenvalue weighted by molar-refractivity contribution is 0.410. The van der Waals surface area contributed by atoms with E-state index in [4.69, 9.17) is 16.3 Å². The standard InChI is InChI=1S/C21H22ClFN2O/c1-13(2)20(14-4-7-17(23)8-5-14)24-12-16-10-15-6-9-18(26-3)11-19(15)25-21(16)22/h4-11,13,20,24H,12H2,1-3H3. The van der Waals surface area contributed by atoms with Crippen molar-refractivity contribution in [2.24, 2.45) is 5.92 Å². The van der Waals surface area contributed by atoms with Crippen LogP contribution in [0.4, 0.5) is 4.39 Å².